The summed E-state index contributed by atoms with van der Waals surface area (Å²) < 4.78 is 15.7. The van der Waals surface area contributed by atoms with Crippen LogP contribution in [-0.4, -0.2) is 39.3 Å². The lowest BCUT2D eigenvalue weighted by molar-refractivity contribution is 0.0912. The Hall–Kier alpha value is -1.95. The Kier molecular flexibility index (Phi) is 5.21. The second-order valence-corrected chi connectivity index (χ2v) is 4.92. The average molecular weight is 282 g/mol. The van der Waals surface area contributed by atoms with Crippen LogP contribution in [0.1, 0.15) is 24.2 Å². The molecule has 0 fully saturated rings. The number of benzene rings is 1. The highest BCUT2D eigenvalue weighted by Gasteiger charge is 2.24. The number of carbonyl (C=O) groups is 1. The van der Waals surface area contributed by atoms with E-state index in [1.165, 1.54) is 21.3 Å². The third-order valence-electron chi connectivity index (χ3n) is 2.91. The zero-order valence-corrected chi connectivity index (χ0v) is 12.6. The average Bonchev–Trinajstić information content (AvgIpc) is 2.44. The maximum Gasteiger partial charge on any atom is 0.255 e. The largest absolute Gasteiger partial charge is 0.493 e. The summed E-state index contributed by atoms with van der Waals surface area (Å²) in [6.07, 6.45) is 0. The van der Waals surface area contributed by atoms with Gasteiger partial charge in [-0.2, -0.15) is 0 Å². The smallest absolute Gasteiger partial charge is 0.255 e. The topological polar surface area (TPSA) is 82.8 Å². The minimum absolute atomic E-state index is 0.279. The van der Waals surface area contributed by atoms with E-state index < -0.39 is 5.54 Å². The van der Waals surface area contributed by atoms with Gasteiger partial charge in [0.2, 0.25) is 5.75 Å². The molecule has 20 heavy (non-hydrogen) atoms. The molecule has 0 bridgehead atoms. The van der Waals surface area contributed by atoms with Crippen LogP contribution in [0.25, 0.3) is 0 Å². The third kappa shape index (κ3) is 3.33. The van der Waals surface area contributed by atoms with Crippen molar-refractivity contribution < 1.29 is 19.0 Å². The standard InChI is InChI=1S/C14H22N2O4/c1-14(2,8-15)16-13(17)9-6-7-10(18-3)12(20-5)11(9)19-4/h6-7H,8,15H2,1-5H3,(H,16,17). The van der Waals surface area contributed by atoms with Crippen LogP contribution in [0.5, 0.6) is 17.2 Å². The quantitative estimate of drug-likeness (QED) is 0.818. The Balaban J connectivity index is 3.22. The highest BCUT2D eigenvalue weighted by molar-refractivity contribution is 5.98. The van der Waals surface area contributed by atoms with Gasteiger partial charge in [0, 0.05) is 12.1 Å². The molecular formula is C14H22N2O4. The van der Waals surface area contributed by atoms with Crippen molar-refractivity contribution in [3.8, 4) is 17.2 Å². The number of carbonyl (C=O) groups excluding carboxylic acids is 1. The Bertz CT molecular complexity index is 486. The summed E-state index contributed by atoms with van der Waals surface area (Å²) in [5, 5.41) is 2.85. The van der Waals surface area contributed by atoms with E-state index in [0.29, 0.717) is 29.4 Å². The first kappa shape index (κ1) is 16.1. The first-order chi connectivity index (χ1) is 9.40. The first-order valence-corrected chi connectivity index (χ1v) is 6.21. The van der Waals surface area contributed by atoms with Crippen molar-refractivity contribution in [2.45, 2.75) is 19.4 Å². The Morgan fingerprint density at radius 1 is 1.15 bits per heavy atom. The molecule has 6 heteroatoms. The summed E-state index contributed by atoms with van der Waals surface area (Å²) in [6.45, 7) is 4.02. The fraction of sp³-hybridized carbons (Fsp3) is 0.500. The van der Waals surface area contributed by atoms with Crippen molar-refractivity contribution in [3.05, 3.63) is 17.7 Å². The van der Waals surface area contributed by atoms with E-state index in [4.69, 9.17) is 19.9 Å². The van der Waals surface area contributed by atoms with Gasteiger partial charge in [-0.1, -0.05) is 0 Å². The number of hydrogen-bond acceptors (Lipinski definition) is 5. The molecule has 0 heterocycles. The summed E-state index contributed by atoms with van der Waals surface area (Å²) in [4.78, 5) is 12.3. The predicted molar refractivity (Wildman–Crippen MR) is 76.7 cm³/mol. The normalized spacial score (nSPS) is 10.9. The summed E-state index contributed by atoms with van der Waals surface area (Å²) in [5.41, 5.74) is 5.48. The molecule has 0 unspecified atom stereocenters. The Labute approximate surface area is 119 Å². The number of ether oxygens (including phenoxy) is 3. The molecule has 0 aromatic heterocycles. The van der Waals surface area contributed by atoms with E-state index >= 15 is 0 Å². The van der Waals surface area contributed by atoms with Gasteiger partial charge in [0.1, 0.15) is 0 Å². The van der Waals surface area contributed by atoms with Crippen LogP contribution in [0.3, 0.4) is 0 Å². The van der Waals surface area contributed by atoms with Crippen molar-refractivity contribution in [1.29, 1.82) is 0 Å². The zero-order valence-electron chi connectivity index (χ0n) is 12.6. The van der Waals surface area contributed by atoms with E-state index in [1.807, 2.05) is 13.8 Å². The van der Waals surface area contributed by atoms with Crippen LogP contribution in [0.15, 0.2) is 12.1 Å². The number of amides is 1. The van der Waals surface area contributed by atoms with Crippen LogP contribution in [0.2, 0.25) is 0 Å². The van der Waals surface area contributed by atoms with Gasteiger partial charge in [0.15, 0.2) is 11.5 Å². The summed E-state index contributed by atoms with van der Waals surface area (Å²) >= 11 is 0. The molecule has 0 aliphatic rings. The number of nitrogens with one attached hydrogen (secondary N) is 1. The molecule has 0 aliphatic carbocycles. The van der Waals surface area contributed by atoms with Gasteiger partial charge in [0.05, 0.1) is 26.9 Å². The monoisotopic (exact) mass is 282 g/mol. The van der Waals surface area contributed by atoms with Gasteiger partial charge in [-0.05, 0) is 26.0 Å². The van der Waals surface area contributed by atoms with Gasteiger partial charge in [-0.25, -0.2) is 0 Å². The second kappa shape index (κ2) is 6.47. The van der Waals surface area contributed by atoms with Gasteiger partial charge in [-0.15, -0.1) is 0 Å². The summed E-state index contributed by atoms with van der Waals surface area (Å²) in [7, 11) is 4.49. The van der Waals surface area contributed by atoms with Crippen LogP contribution < -0.4 is 25.3 Å². The summed E-state index contributed by atoms with van der Waals surface area (Å²) in [5.74, 6) is 0.933. The molecular weight excluding hydrogens is 260 g/mol. The van der Waals surface area contributed by atoms with Crippen LogP contribution in [0, 0.1) is 0 Å². The predicted octanol–water partition coefficient (Wildman–Crippen LogP) is 1.18. The number of methoxy groups -OCH3 is 3. The molecule has 0 spiro atoms. The molecule has 1 aromatic rings. The van der Waals surface area contributed by atoms with E-state index in [-0.39, 0.29) is 5.91 Å². The lowest BCUT2D eigenvalue weighted by Gasteiger charge is -2.25. The molecule has 0 saturated carbocycles. The minimum Gasteiger partial charge on any atom is -0.493 e. The maximum atomic E-state index is 12.3. The lowest BCUT2D eigenvalue weighted by Crippen LogP contribution is -2.48. The molecule has 0 aliphatic heterocycles. The minimum atomic E-state index is -0.505. The number of rotatable bonds is 6. The molecule has 6 nitrogen and oxygen atoms in total. The Morgan fingerprint density at radius 3 is 2.20 bits per heavy atom. The van der Waals surface area contributed by atoms with Gasteiger partial charge in [0.25, 0.3) is 5.91 Å². The second-order valence-electron chi connectivity index (χ2n) is 4.92. The zero-order chi connectivity index (χ0) is 15.3. The van der Waals surface area contributed by atoms with Gasteiger partial charge >= 0.3 is 0 Å². The number of hydrogen-bond donors (Lipinski definition) is 2. The molecule has 112 valence electrons. The molecule has 1 rings (SSSR count). The molecule has 0 radical (unpaired) electrons. The maximum absolute atomic E-state index is 12.3. The molecule has 3 N–H and O–H groups in total. The van der Waals surface area contributed by atoms with Crippen molar-refractivity contribution in [3.63, 3.8) is 0 Å². The van der Waals surface area contributed by atoms with Crippen molar-refractivity contribution in [2.24, 2.45) is 5.73 Å². The van der Waals surface area contributed by atoms with Crippen molar-refractivity contribution >= 4 is 5.91 Å². The highest BCUT2D eigenvalue weighted by atomic mass is 16.5. The Morgan fingerprint density at radius 2 is 1.75 bits per heavy atom. The van der Waals surface area contributed by atoms with E-state index in [0.717, 1.165) is 0 Å². The van der Waals surface area contributed by atoms with Gasteiger partial charge in [-0.3, -0.25) is 4.79 Å². The van der Waals surface area contributed by atoms with Crippen LogP contribution in [0.4, 0.5) is 0 Å². The van der Waals surface area contributed by atoms with E-state index in [1.54, 1.807) is 12.1 Å². The third-order valence-corrected chi connectivity index (χ3v) is 2.91. The molecule has 0 saturated heterocycles. The van der Waals surface area contributed by atoms with E-state index in [9.17, 15) is 4.79 Å². The van der Waals surface area contributed by atoms with Gasteiger partial charge < -0.3 is 25.3 Å². The van der Waals surface area contributed by atoms with Crippen LogP contribution >= 0.6 is 0 Å². The summed E-state index contributed by atoms with van der Waals surface area (Å²) in [6, 6.07) is 3.29. The van der Waals surface area contributed by atoms with Crippen molar-refractivity contribution in [2.75, 3.05) is 27.9 Å². The van der Waals surface area contributed by atoms with Crippen LogP contribution in [-0.2, 0) is 0 Å². The first-order valence-electron chi connectivity index (χ1n) is 6.21. The number of nitrogens with two attached hydrogens (primary N) is 1. The fourth-order valence-electron chi connectivity index (χ4n) is 1.71. The lowest BCUT2D eigenvalue weighted by atomic mass is 10.0. The van der Waals surface area contributed by atoms with E-state index in [2.05, 4.69) is 5.32 Å². The fourth-order valence-corrected chi connectivity index (χ4v) is 1.71. The highest BCUT2D eigenvalue weighted by Crippen LogP contribution is 2.39. The molecule has 1 amide bonds. The molecule has 0 atom stereocenters. The SMILES string of the molecule is COc1ccc(C(=O)NC(C)(C)CN)c(OC)c1OC. The van der Waals surface area contributed by atoms with Crippen molar-refractivity contribution in [1.82, 2.24) is 5.32 Å². The molecule has 1 aromatic carbocycles.